The third-order valence-electron chi connectivity index (χ3n) is 3.97. The Bertz CT molecular complexity index is 420. The fourth-order valence-electron chi connectivity index (χ4n) is 2.10. The van der Waals surface area contributed by atoms with Gasteiger partial charge in [-0.15, -0.1) is 0 Å². The summed E-state index contributed by atoms with van der Waals surface area (Å²) in [5.74, 6) is -0.0597. The van der Waals surface area contributed by atoms with E-state index in [0.29, 0.717) is 18.7 Å². The Balaban J connectivity index is 2.73. The largest absolute Gasteiger partial charge is 0.396 e. The van der Waals surface area contributed by atoms with Gasteiger partial charge in [-0.1, -0.05) is 19.9 Å². The summed E-state index contributed by atoms with van der Waals surface area (Å²) < 4.78 is 0. The van der Waals surface area contributed by atoms with E-state index in [1.54, 1.807) is 6.07 Å². The van der Waals surface area contributed by atoms with Gasteiger partial charge in [0.2, 0.25) is 0 Å². The Hall–Kier alpha value is -1.55. The van der Waals surface area contributed by atoms with E-state index in [-0.39, 0.29) is 17.9 Å². The van der Waals surface area contributed by atoms with Crippen LogP contribution in [-0.4, -0.2) is 30.7 Å². The van der Waals surface area contributed by atoms with E-state index in [2.05, 4.69) is 24.5 Å². The lowest BCUT2D eigenvalue weighted by Crippen LogP contribution is -2.32. The Labute approximate surface area is 121 Å². The minimum atomic E-state index is -0.0956. The third kappa shape index (κ3) is 4.23. The van der Waals surface area contributed by atoms with Crippen molar-refractivity contribution in [2.75, 3.05) is 25.0 Å². The van der Waals surface area contributed by atoms with Crippen molar-refractivity contribution in [3.05, 3.63) is 29.8 Å². The number of rotatable bonds is 8. The zero-order valence-corrected chi connectivity index (χ0v) is 12.7. The van der Waals surface area contributed by atoms with Gasteiger partial charge in [-0.2, -0.15) is 0 Å². The Morgan fingerprint density at radius 3 is 2.50 bits per heavy atom. The molecule has 4 nitrogen and oxygen atoms in total. The lowest BCUT2D eigenvalue weighted by Gasteiger charge is -2.30. The molecule has 1 aromatic rings. The van der Waals surface area contributed by atoms with E-state index >= 15 is 0 Å². The molecule has 0 aromatic heterocycles. The maximum absolute atomic E-state index is 11.8. The minimum Gasteiger partial charge on any atom is -0.396 e. The molecule has 0 aliphatic heterocycles. The number of hydrogen-bond donors (Lipinski definition) is 3. The van der Waals surface area contributed by atoms with Gasteiger partial charge in [0.1, 0.15) is 0 Å². The van der Waals surface area contributed by atoms with E-state index in [9.17, 15) is 9.90 Å². The molecule has 3 N–H and O–H groups in total. The molecule has 1 amide bonds. The van der Waals surface area contributed by atoms with Crippen molar-refractivity contribution in [3.63, 3.8) is 0 Å². The first-order valence-electron chi connectivity index (χ1n) is 7.33. The molecule has 0 bridgehead atoms. The van der Waals surface area contributed by atoms with Gasteiger partial charge in [0.05, 0.1) is 6.61 Å². The molecule has 0 saturated heterocycles. The first-order valence-corrected chi connectivity index (χ1v) is 7.33. The molecule has 0 unspecified atom stereocenters. The van der Waals surface area contributed by atoms with Crippen LogP contribution in [-0.2, 0) is 0 Å². The average molecular weight is 278 g/mol. The van der Waals surface area contributed by atoms with Gasteiger partial charge >= 0.3 is 0 Å². The van der Waals surface area contributed by atoms with Gasteiger partial charge < -0.3 is 15.7 Å². The summed E-state index contributed by atoms with van der Waals surface area (Å²) in [5, 5.41) is 15.7. The predicted octanol–water partition coefficient (Wildman–Crippen LogP) is 2.65. The van der Waals surface area contributed by atoms with Gasteiger partial charge in [0.25, 0.3) is 5.91 Å². The van der Waals surface area contributed by atoms with Gasteiger partial charge in [0, 0.05) is 29.8 Å². The van der Waals surface area contributed by atoms with Crippen LogP contribution in [0, 0.1) is 5.41 Å². The summed E-state index contributed by atoms with van der Waals surface area (Å²) >= 11 is 0. The van der Waals surface area contributed by atoms with Crippen LogP contribution in [0.3, 0.4) is 0 Å². The summed E-state index contributed by atoms with van der Waals surface area (Å²) in [4.78, 5) is 11.8. The smallest absolute Gasteiger partial charge is 0.251 e. The lowest BCUT2D eigenvalue weighted by atomic mass is 9.83. The van der Waals surface area contributed by atoms with Crippen molar-refractivity contribution in [2.24, 2.45) is 5.41 Å². The number of nitrogens with one attached hydrogen (secondary N) is 2. The minimum absolute atomic E-state index is 0.0597. The highest BCUT2D eigenvalue weighted by molar-refractivity contribution is 5.95. The molecule has 0 fully saturated rings. The Morgan fingerprint density at radius 1 is 1.25 bits per heavy atom. The second-order valence-electron chi connectivity index (χ2n) is 5.16. The predicted molar refractivity (Wildman–Crippen MR) is 83.0 cm³/mol. The summed E-state index contributed by atoms with van der Waals surface area (Å²) in [6.07, 6.45) is 1.84. The number of aliphatic hydroxyl groups excluding tert-OH is 1. The number of carbonyl (C=O) groups excluding carboxylic acids is 1. The summed E-state index contributed by atoms with van der Waals surface area (Å²) in [6, 6.07) is 7.45. The first kappa shape index (κ1) is 16.5. The molecule has 4 heteroatoms. The van der Waals surface area contributed by atoms with E-state index in [4.69, 9.17) is 0 Å². The van der Waals surface area contributed by atoms with Crippen molar-refractivity contribution in [3.8, 4) is 0 Å². The molecule has 20 heavy (non-hydrogen) atoms. The van der Waals surface area contributed by atoms with Crippen molar-refractivity contribution in [1.82, 2.24) is 5.32 Å². The maximum atomic E-state index is 11.8. The second kappa shape index (κ2) is 7.90. The monoisotopic (exact) mass is 278 g/mol. The molecule has 0 aliphatic carbocycles. The zero-order chi connectivity index (χ0) is 15.0. The highest BCUT2D eigenvalue weighted by Gasteiger charge is 2.24. The molecular formula is C16H26N2O2. The number of hydrogen-bond acceptors (Lipinski definition) is 3. The summed E-state index contributed by atoms with van der Waals surface area (Å²) in [7, 11) is 0. The summed E-state index contributed by atoms with van der Waals surface area (Å²) in [5.41, 5.74) is 1.47. The van der Waals surface area contributed by atoms with Crippen molar-refractivity contribution >= 4 is 11.6 Å². The lowest BCUT2D eigenvalue weighted by molar-refractivity contribution is 0.0956. The number of amides is 1. The number of benzene rings is 1. The molecule has 0 radical (unpaired) electrons. The molecule has 1 rings (SSSR count). The number of aliphatic hydroxyl groups is 1. The SMILES string of the molecule is CCNC(=O)c1cccc(NCC(CC)(CC)CO)c1. The second-order valence-corrected chi connectivity index (χ2v) is 5.16. The van der Waals surface area contributed by atoms with Crippen LogP contribution in [0.25, 0.3) is 0 Å². The number of anilines is 1. The fraction of sp³-hybridized carbons (Fsp3) is 0.562. The molecule has 112 valence electrons. The molecule has 0 aliphatic rings. The average Bonchev–Trinajstić information content (AvgIpc) is 2.50. The highest BCUT2D eigenvalue weighted by Crippen LogP contribution is 2.26. The van der Waals surface area contributed by atoms with Gasteiger partial charge in [-0.05, 0) is 38.0 Å². The molecule has 0 atom stereocenters. The zero-order valence-electron chi connectivity index (χ0n) is 12.7. The highest BCUT2D eigenvalue weighted by atomic mass is 16.3. The van der Waals surface area contributed by atoms with Crippen LogP contribution in [0.15, 0.2) is 24.3 Å². The van der Waals surface area contributed by atoms with Crippen LogP contribution in [0.5, 0.6) is 0 Å². The third-order valence-corrected chi connectivity index (χ3v) is 3.97. The number of carbonyl (C=O) groups is 1. The van der Waals surface area contributed by atoms with Crippen LogP contribution < -0.4 is 10.6 Å². The van der Waals surface area contributed by atoms with Crippen molar-refractivity contribution in [2.45, 2.75) is 33.6 Å². The van der Waals surface area contributed by atoms with Crippen molar-refractivity contribution in [1.29, 1.82) is 0 Å². The molecule has 0 spiro atoms. The van der Waals surface area contributed by atoms with E-state index in [1.807, 2.05) is 25.1 Å². The standard InChI is InChI=1S/C16H26N2O2/c1-4-16(5-2,12-19)11-18-14-9-7-8-13(10-14)15(20)17-6-3/h7-10,18-19H,4-6,11-12H2,1-3H3,(H,17,20). The molecule has 0 heterocycles. The van der Waals surface area contributed by atoms with E-state index in [1.165, 1.54) is 0 Å². The summed E-state index contributed by atoms with van der Waals surface area (Å²) in [6.45, 7) is 7.57. The van der Waals surface area contributed by atoms with Gasteiger partial charge in [-0.25, -0.2) is 0 Å². The Morgan fingerprint density at radius 2 is 1.95 bits per heavy atom. The quantitative estimate of drug-likeness (QED) is 0.685. The molecule has 0 saturated carbocycles. The van der Waals surface area contributed by atoms with E-state index < -0.39 is 0 Å². The molecule has 1 aromatic carbocycles. The Kier molecular flexibility index (Phi) is 6.52. The van der Waals surface area contributed by atoms with Crippen LogP contribution in [0.2, 0.25) is 0 Å². The normalized spacial score (nSPS) is 11.2. The topological polar surface area (TPSA) is 61.4 Å². The van der Waals surface area contributed by atoms with Crippen molar-refractivity contribution < 1.29 is 9.90 Å². The molecular weight excluding hydrogens is 252 g/mol. The van der Waals surface area contributed by atoms with Crippen LogP contribution >= 0.6 is 0 Å². The fourth-order valence-corrected chi connectivity index (χ4v) is 2.10. The van der Waals surface area contributed by atoms with Crippen LogP contribution in [0.1, 0.15) is 44.0 Å². The first-order chi connectivity index (χ1) is 9.60. The van der Waals surface area contributed by atoms with Crippen LogP contribution in [0.4, 0.5) is 5.69 Å². The van der Waals surface area contributed by atoms with E-state index in [0.717, 1.165) is 18.5 Å². The van der Waals surface area contributed by atoms with Gasteiger partial charge in [-0.3, -0.25) is 4.79 Å². The van der Waals surface area contributed by atoms with Gasteiger partial charge in [0.15, 0.2) is 0 Å². The maximum Gasteiger partial charge on any atom is 0.251 e.